The first-order valence-electron chi connectivity index (χ1n) is 6.93. The maximum atomic E-state index is 13.2. The molecule has 24 heavy (non-hydrogen) atoms. The van der Waals surface area contributed by atoms with Gasteiger partial charge in [0, 0.05) is 17.0 Å². The van der Waals surface area contributed by atoms with Crippen molar-refractivity contribution in [2.24, 2.45) is 10.9 Å². The second kappa shape index (κ2) is 6.65. The van der Waals surface area contributed by atoms with Crippen molar-refractivity contribution in [2.75, 3.05) is 11.9 Å². The predicted molar refractivity (Wildman–Crippen MR) is 84.3 cm³/mol. The fourth-order valence-corrected chi connectivity index (χ4v) is 2.62. The highest BCUT2D eigenvalue weighted by atomic mass is 35.5. The van der Waals surface area contributed by atoms with Crippen LogP contribution in [-0.4, -0.2) is 23.9 Å². The Hall–Kier alpha value is -2.33. The molecule has 1 aliphatic rings. The number of anilines is 1. The van der Waals surface area contributed by atoms with Crippen LogP contribution in [0.1, 0.15) is 29.3 Å². The number of alkyl halides is 3. The van der Waals surface area contributed by atoms with E-state index >= 15 is 0 Å². The monoisotopic (exact) mass is 356 g/mol. The number of aliphatic imine (C=N–C) groups is 1. The van der Waals surface area contributed by atoms with Crippen molar-refractivity contribution < 1.29 is 22.8 Å². The summed E-state index contributed by atoms with van der Waals surface area (Å²) in [5.41, 5.74) is -1.86. The smallest absolute Gasteiger partial charge is 0.342 e. The molecule has 126 valence electrons. The SMILES string of the molecule is C#CCN=C1Nc2c(cc(Cl)cc2C(F)(F)F)C(=O)C1C(=O)CC. The molecule has 0 aromatic heterocycles. The van der Waals surface area contributed by atoms with Crippen LogP contribution in [0.4, 0.5) is 18.9 Å². The third kappa shape index (κ3) is 3.29. The number of nitrogens with one attached hydrogen (secondary N) is 1. The van der Waals surface area contributed by atoms with Crippen LogP contribution in [0.15, 0.2) is 17.1 Å². The quantitative estimate of drug-likeness (QED) is 0.665. The first-order valence-corrected chi connectivity index (χ1v) is 7.31. The zero-order chi connectivity index (χ0) is 18.1. The minimum Gasteiger partial charge on any atom is -0.342 e. The summed E-state index contributed by atoms with van der Waals surface area (Å²) in [6, 6.07) is 1.82. The van der Waals surface area contributed by atoms with Crippen LogP contribution in [0, 0.1) is 18.3 Å². The van der Waals surface area contributed by atoms with Crippen LogP contribution >= 0.6 is 11.6 Å². The van der Waals surface area contributed by atoms with Gasteiger partial charge in [0.05, 0.1) is 11.3 Å². The second-order valence-corrected chi connectivity index (χ2v) is 5.46. The average Bonchev–Trinajstić information content (AvgIpc) is 2.51. The molecule has 1 heterocycles. The summed E-state index contributed by atoms with van der Waals surface area (Å²) < 4.78 is 39.7. The molecule has 4 nitrogen and oxygen atoms in total. The highest BCUT2D eigenvalue weighted by Crippen LogP contribution is 2.41. The Morgan fingerprint density at radius 2 is 2.12 bits per heavy atom. The molecule has 1 unspecified atom stereocenters. The minimum absolute atomic E-state index is 0.0230. The first-order chi connectivity index (χ1) is 11.2. The van der Waals surface area contributed by atoms with Gasteiger partial charge in [-0.1, -0.05) is 24.4 Å². The fraction of sp³-hybridized carbons (Fsp3) is 0.312. The zero-order valence-electron chi connectivity index (χ0n) is 12.5. The largest absolute Gasteiger partial charge is 0.418 e. The first kappa shape index (κ1) is 18.0. The minimum atomic E-state index is -4.74. The molecule has 0 spiro atoms. The summed E-state index contributed by atoms with van der Waals surface area (Å²) in [6.45, 7) is 1.37. The molecule has 1 aromatic carbocycles. The highest BCUT2D eigenvalue weighted by molar-refractivity contribution is 6.35. The third-order valence-corrected chi connectivity index (χ3v) is 3.69. The third-order valence-electron chi connectivity index (χ3n) is 3.47. The maximum Gasteiger partial charge on any atom is 0.418 e. The molecule has 1 aliphatic heterocycles. The molecule has 0 aliphatic carbocycles. The van der Waals surface area contributed by atoms with E-state index in [1.807, 2.05) is 0 Å². The van der Waals surface area contributed by atoms with E-state index in [0.29, 0.717) is 6.07 Å². The van der Waals surface area contributed by atoms with Crippen LogP contribution in [0.25, 0.3) is 0 Å². The summed E-state index contributed by atoms with van der Waals surface area (Å²) in [6.07, 6.45) is 0.384. The number of carbonyl (C=O) groups is 2. The molecular weight excluding hydrogens is 345 g/mol. The molecule has 1 aromatic rings. The Morgan fingerprint density at radius 3 is 2.67 bits per heavy atom. The summed E-state index contributed by atoms with van der Waals surface area (Å²) in [5, 5.41) is 2.22. The van der Waals surface area contributed by atoms with Gasteiger partial charge < -0.3 is 5.32 Å². The predicted octanol–water partition coefficient (Wildman–Crippen LogP) is 3.59. The average molecular weight is 357 g/mol. The van der Waals surface area contributed by atoms with Crippen molar-refractivity contribution in [3.63, 3.8) is 0 Å². The van der Waals surface area contributed by atoms with Crippen molar-refractivity contribution >= 4 is 34.7 Å². The Kier molecular flexibility index (Phi) is 4.99. The molecule has 0 fully saturated rings. The lowest BCUT2D eigenvalue weighted by molar-refractivity contribution is -0.136. The number of terminal acetylenes is 1. The van der Waals surface area contributed by atoms with Crippen LogP contribution in [-0.2, 0) is 11.0 Å². The van der Waals surface area contributed by atoms with Gasteiger partial charge in [-0.15, -0.1) is 6.42 Å². The topological polar surface area (TPSA) is 58.5 Å². The molecule has 2 rings (SSSR count). The Morgan fingerprint density at radius 1 is 1.46 bits per heavy atom. The van der Waals surface area contributed by atoms with E-state index in [2.05, 4.69) is 16.2 Å². The van der Waals surface area contributed by atoms with Crippen LogP contribution in [0.2, 0.25) is 5.02 Å². The van der Waals surface area contributed by atoms with Crippen LogP contribution in [0.5, 0.6) is 0 Å². The van der Waals surface area contributed by atoms with Crippen molar-refractivity contribution in [1.29, 1.82) is 0 Å². The van der Waals surface area contributed by atoms with E-state index in [1.54, 1.807) is 6.92 Å². The van der Waals surface area contributed by atoms with E-state index in [4.69, 9.17) is 18.0 Å². The number of benzene rings is 1. The number of rotatable bonds is 3. The lowest BCUT2D eigenvalue weighted by atomic mass is 9.85. The van der Waals surface area contributed by atoms with E-state index in [9.17, 15) is 22.8 Å². The maximum absolute atomic E-state index is 13.2. The molecule has 1 N–H and O–H groups in total. The molecule has 1 atom stereocenters. The highest BCUT2D eigenvalue weighted by Gasteiger charge is 2.43. The molecule has 0 bridgehead atoms. The number of hydrogen-bond donors (Lipinski definition) is 1. The lowest BCUT2D eigenvalue weighted by Gasteiger charge is -2.28. The van der Waals surface area contributed by atoms with Gasteiger partial charge in [-0.05, 0) is 12.1 Å². The van der Waals surface area contributed by atoms with Crippen LogP contribution in [0.3, 0.4) is 0 Å². The summed E-state index contributed by atoms with van der Waals surface area (Å²) in [7, 11) is 0. The van der Waals surface area contributed by atoms with E-state index < -0.39 is 34.9 Å². The lowest BCUT2D eigenvalue weighted by Crippen LogP contribution is -2.41. The van der Waals surface area contributed by atoms with Crippen molar-refractivity contribution in [3.05, 3.63) is 28.3 Å². The van der Waals surface area contributed by atoms with Gasteiger partial charge in [-0.25, -0.2) is 0 Å². The number of amidine groups is 1. The second-order valence-electron chi connectivity index (χ2n) is 5.02. The standard InChI is InChI=1S/C16H12ClF3N2O2/c1-3-5-21-15-12(11(23)4-2)14(24)9-6-8(17)7-10(13(9)22-15)16(18,19)20/h1,6-7,12H,4-5H2,2H3,(H,21,22). The summed E-state index contributed by atoms with van der Waals surface area (Å²) in [4.78, 5) is 28.6. The van der Waals surface area contributed by atoms with Crippen molar-refractivity contribution in [2.45, 2.75) is 19.5 Å². The number of halogens is 4. The Balaban J connectivity index is 2.69. The number of ketones is 2. The van der Waals surface area contributed by atoms with Crippen molar-refractivity contribution in [1.82, 2.24) is 0 Å². The summed E-state index contributed by atoms with van der Waals surface area (Å²) in [5.74, 6) is -0.542. The number of fused-ring (bicyclic) bond motifs is 1. The van der Waals surface area contributed by atoms with Gasteiger partial charge in [0.1, 0.15) is 18.3 Å². The normalized spacial score (nSPS) is 18.8. The Labute approximate surface area is 141 Å². The van der Waals surface area contributed by atoms with Gasteiger partial charge in [-0.2, -0.15) is 13.2 Å². The van der Waals surface area contributed by atoms with E-state index in [0.717, 1.165) is 6.07 Å². The van der Waals surface area contributed by atoms with Gasteiger partial charge >= 0.3 is 6.18 Å². The van der Waals surface area contributed by atoms with Crippen molar-refractivity contribution in [3.8, 4) is 12.3 Å². The molecule has 0 amide bonds. The zero-order valence-corrected chi connectivity index (χ0v) is 13.3. The number of nitrogens with zero attached hydrogens (tertiary/aromatic N) is 1. The number of Topliss-reactive ketones (excluding diaryl/α,β-unsaturated/α-hetero) is 2. The summed E-state index contributed by atoms with van der Waals surface area (Å²) >= 11 is 5.71. The molecule has 0 saturated carbocycles. The van der Waals surface area contributed by atoms with E-state index in [1.165, 1.54) is 0 Å². The molecular formula is C16H12ClF3N2O2. The van der Waals surface area contributed by atoms with E-state index in [-0.39, 0.29) is 29.4 Å². The molecule has 0 radical (unpaired) electrons. The fourth-order valence-electron chi connectivity index (χ4n) is 2.40. The van der Waals surface area contributed by atoms with Gasteiger partial charge in [-0.3, -0.25) is 14.6 Å². The van der Waals surface area contributed by atoms with Gasteiger partial charge in [0.2, 0.25) is 0 Å². The Bertz CT molecular complexity index is 779. The van der Waals surface area contributed by atoms with Gasteiger partial charge in [0.25, 0.3) is 0 Å². The molecule has 0 saturated heterocycles. The molecule has 8 heteroatoms. The number of hydrogen-bond acceptors (Lipinski definition) is 3. The number of carbonyl (C=O) groups excluding carboxylic acids is 2. The van der Waals surface area contributed by atoms with Crippen LogP contribution < -0.4 is 5.32 Å². The van der Waals surface area contributed by atoms with Gasteiger partial charge in [0.15, 0.2) is 11.6 Å².